The highest BCUT2D eigenvalue weighted by atomic mass is 16.5. The van der Waals surface area contributed by atoms with Crippen molar-refractivity contribution < 1.29 is 19.4 Å². The zero-order valence-electron chi connectivity index (χ0n) is 12.5. The Hall–Kier alpha value is -2.24. The standard InChI is InChI=1S/C16H22N2O4/c19-15(22-12-14-4-2-1-3-5-14)17-9-6-13-7-10-18(11-8-13)16(20)21/h1-5,13H,6-12H2,(H,17,19)(H,20,21). The number of amides is 2. The number of hydrogen-bond acceptors (Lipinski definition) is 3. The van der Waals surface area contributed by atoms with Gasteiger partial charge in [-0.1, -0.05) is 30.3 Å². The van der Waals surface area contributed by atoms with Gasteiger partial charge in [0.15, 0.2) is 0 Å². The van der Waals surface area contributed by atoms with Gasteiger partial charge < -0.3 is 20.1 Å². The SMILES string of the molecule is O=C(NCCC1CCN(C(=O)O)CC1)OCc1ccccc1. The Morgan fingerprint density at radius 2 is 1.91 bits per heavy atom. The Morgan fingerprint density at radius 1 is 1.23 bits per heavy atom. The summed E-state index contributed by atoms with van der Waals surface area (Å²) in [5, 5.41) is 11.6. The highest BCUT2D eigenvalue weighted by Crippen LogP contribution is 2.19. The first-order chi connectivity index (χ1) is 10.6. The molecule has 0 bridgehead atoms. The number of carbonyl (C=O) groups is 2. The fourth-order valence-electron chi connectivity index (χ4n) is 2.57. The molecule has 0 radical (unpaired) electrons. The van der Waals surface area contributed by atoms with Gasteiger partial charge in [-0.05, 0) is 30.7 Å². The quantitative estimate of drug-likeness (QED) is 0.876. The predicted octanol–water partition coefficient (Wildman–Crippen LogP) is 2.69. The lowest BCUT2D eigenvalue weighted by molar-refractivity contribution is 0.122. The van der Waals surface area contributed by atoms with Gasteiger partial charge in [0.1, 0.15) is 6.61 Å². The topological polar surface area (TPSA) is 78.9 Å². The summed E-state index contributed by atoms with van der Waals surface area (Å²) in [5.74, 6) is 0.463. The molecule has 2 rings (SSSR count). The average molecular weight is 306 g/mol. The van der Waals surface area contributed by atoms with Crippen molar-refractivity contribution in [3.63, 3.8) is 0 Å². The summed E-state index contributed by atoms with van der Waals surface area (Å²) in [6, 6.07) is 9.53. The third-order valence-electron chi connectivity index (χ3n) is 3.92. The molecule has 1 aliphatic heterocycles. The van der Waals surface area contributed by atoms with Crippen molar-refractivity contribution in [2.45, 2.75) is 25.9 Å². The maximum atomic E-state index is 11.6. The van der Waals surface area contributed by atoms with Crippen LogP contribution >= 0.6 is 0 Å². The summed E-state index contributed by atoms with van der Waals surface area (Å²) in [7, 11) is 0. The molecule has 1 heterocycles. The summed E-state index contributed by atoms with van der Waals surface area (Å²) < 4.78 is 5.13. The normalized spacial score (nSPS) is 15.4. The van der Waals surface area contributed by atoms with Crippen molar-refractivity contribution in [3.05, 3.63) is 35.9 Å². The van der Waals surface area contributed by atoms with Crippen LogP contribution < -0.4 is 5.32 Å². The smallest absolute Gasteiger partial charge is 0.407 e. The molecule has 1 aromatic carbocycles. The molecule has 2 amide bonds. The van der Waals surface area contributed by atoms with Gasteiger partial charge in [0.05, 0.1) is 0 Å². The van der Waals surface area contributed by atoms with E-state index in [0.717, 1.165) is 24.8 Å². The molecule has 0 spiro atoms. The first-order valence-corrected chi connectivity index (χ1v) is 7.57. The van der Waals surface area contributed by atoms with Gasteiger partial charge in [0.25, 0.3) is 0 Å². The summed E-state index contributed by atoms with van der Waals surface area (Å²) in [5.41, 5.74) is 0.957. The monoisotopic (exact) mass is 306 g/mol. The third-order valence-corrected chi connectivity index (χ3v) is 3.92. The largest absolute Gasteiger partial charge is 0.465 e. The zero-order valence-corrected chi connectivity index (χ0v) is 12.5. The van der Waals surface area contributed by atoms with Gasteiger partial charge in [0, 0.05) is 19.6 Å². The Morgan fingerprint density at radius 3 is 2.55 bits per heavy atom. The molecule has 0 atom stereocenters. The molecule has 120 valence electrons. The molecular formula is C16H22N2O4. The van der Waals surface area contributed by atoms with E-state index in [1.54, 1.807) is 0 Å². The number of carboxylic acid groups (broad SMARTS) is 1. The molecule has 2 N–H and O–H groups in total. The molecule has 0 unspecified atom stereocenters. The Balaban J connectivity index is 1.57. The van der Waals surface area contributed by atoms with E-state index < -0.39 is 12.2 Å². The number of nitrogens with one attached hydrogen (secondary N) is 1. The second-order valence-electron chi connectivity index (χ2n) is 5.49. The first-order valence-electron chi connectivity index (χ1n) is 7.57. The summed E-state index contributed by atoms with van der Waals surface area (Å²) >= 11 is 0. The van der Waals surface area contributed by atoms with Crippen LogP contribution in [0, 0.1) is 5.92 Å². The van der Waals surface area contributed by atoms with E-state index in [-0.39, 0.29) is 6.61 Å². The average Bonchev–Trinajstić information content (AvgIpc) is 2.54. The van der Waals surface area contributed by atoms with Crippen LogP contribution in [0.5, 0.6) is 0 Å². The van der Waals surface area contributed by atoms with Gasteiger partial charge in [-0.25, -0.2) is 9.59 Å². The van der Waals surface area contributed by atoms with E-state index in [9.17, 15) is 9.59 Å². The second-order valence-corrected chi connectivity index (χ2v) is 5.49. The minimum atomic E-state index is -0.846. The van der Waals surface area contributed by atoms with Gasteiger partial charge in [-0.15, -0.1) is 0 Å². The minimum absolute atomic E-state index is 0.268. The molecule has 1 fully saturated rings. The van der Waals surface area contributed by atoms with E-state index in [1.807, 2.05) is 30.3 Å². The summed E-state index contributed by atoms with van der Waals surface area (Å²) in [4.78, 5) is 23.8. The van der Waals surface area contributed by atoms with Crippen molar-refractivity contribution >= 4 is 12.2 Å². The van der Waals surface area contributed by atoms with Gasteiger partial charge in [0.2, 0.25) is 0 Å². The predicted molar refractivity (Wildman–Crippen MR) is 81.6 cm³/mol. The number of hydrogen-bond donors (Lipinski definition) is 2. The lowest BCUT2D eigenvalue weighted by Crippen LogP contribution is -2.38. The maximum Gasteiger partial charge on any atom is 0.407 e. The van der Waals surface area contributed by atoms with E-state index >= 15 is 0 Å². The Labute approximate surface area is 130 Å². The van der Waals surface area contributed by atoms with E-state index in [2.05, 4.69) is 5.32 Å². The molecule has 0 aliphatic carbocycles. The fourth-order valence-corrected chi connectivity index (χ4v) is 2.57. The molecule has 6 heteroatoms. The number of nitrogens with zero attached hydrogens (tertiary/aromatic N) is 1. The third kappa shape index (κ3) is 5.27. The number of likely N-dealkylation sites (tertiary alicyclic amines) is 1. The van der Waals surface area contributed by atoms with Gasteiger partial charge >= 0.3 is 12.2 Å². The highest BCUT2D eigenvalue weighted by molar-refractivity contribution is 5.67. The molecule has 6 nitrogen and oxygen atoms in total. The number of rotatable bonds is 5. The summed E-state index contributed by atoms with van der Waals surface area (Å²) in [6.07, 6.45) is 1.31. The highest BCUT2D eigenvalue weighted by Gasteiger charge is 2.21. The van der Waals surface area contributed by atoms with Crippen LogP contribution in [0.2, 0.25) is 0 Å². The number of piperidine rings is 1. The Kier molecular flexibility index (Phi) is 6.06. The molecule has 0 aromatic heterocycles. The van der Waals surface area contributed by atoms with Crippen LogP contribution in [0.1, 0.15) is 24.8 Å². The van der Waals surface area contributed by atoms with Crippen LogP contribution in [0.4, 0.5) is 9.59 Å². The number of carbonyl (C=O) groups excluding carboxylic acids is 1. The van der Waals surface area contributed by atoms with Gasteiger partial charge in [-0.2, -0.15) is 0 Å². The van der Waals surface area contributed by atoms with Crippen molar-refractivity contribution in [2.75, 3.05) is 19.6 Å². The van der Waals surface area contributed by atoms with Crippen molar-refractivity contribution in [1.82, 2.24) is 10.2 Å². The summed E-state index contributed by atoms with van der Waals surface area (Å²) in [6.45, 7) is 1.99. The molecular weight excluding hydrogens is 284 g/mol. The van der Waals surface area contributed by atoms with Crippen LogP contribution in [0.25, 0.3) is 0 Å². The number of ether oxygens (including phenoxy) is 1. The Bertz CT molecular complexity index is 484. The van der Waals surface area contributed by atoms with Crippen molar-refractivity contribution in [2.24, 2.45) is 5.92 Å². The zero-order chi connectivity index (χ0) is 15.8. The van der Waals surface area contributed by atoms with Crippen molar-refractivity contribution in [1.29, 1.82) is 0 Å². The lowest BCUT2D eigenvalue weighted by Gasteiger charge is -2.29. The van der Waals surface area contributed by atoms with E-state index in [4.69, 9.17) is 9.84 Å². The molecule has 0 saturated carbocycles. The van der Waals surface area contributed by atoms with E-state index in [1.165, 1.54) is 4.90 Å². The maximum absolute atomic E-state index is 11.6. The van der Waals surface area contributed by atoms with Gasteiger partial charge in [-0.3, -0.25) is 0 Å². The van der Waals surface area contributed by atoms with Crippen LogP contribution in [0.15, 0.2) is 30.3 Å². The number of alkyl carbamates (subject to hydrolysis) is 1. The van der Waals surface area contributed by atoms with Crippen LogP contribution in [-0.4, -0.2) is 41.8 Å². The van der Waals surface area contributed by atoms with Crippen LogP contribution in [-0.2, 0) is 11.3 Å². The molecule has 22 heavy (non-hydrogen) atoms. The lowest BCUT2D eigenvalue weighted by atomic mass is 9.94. The van der Waals surface area contributed by atoms with Crippen molar-refractivity contribution in [3.8, 4) is 0 Å². The molecule has 1 aliphatic rings. The second kappa shape index (κ2) is 8.26. The number of benzene rings is 1. The van der Waals surface area contributed by atoms with Crippen LogP contribution in [0.3, 0.4) is 0 Å². The fraction of sp³-hybridized carbons (Fsp3) is 0.500. The molecule has 1 saturated heterocycles. The van der Waals surface area contributed by atoms with E-state index in [0.29, 0.717) is 25.6 Å². The molecule has 1 aromatic rings. The first kappa shape index (κ1) is 16.1. The minimum Gasteiger partial charge on any atom is -0.465 e.